The minimum absolute atomic E-state index is 0.251. The molecule has 2 N–H and O–H groups in total. The molecule has 0 saturated carbocycles. The van der Waals surface area contributed by atoms with E-state index in [1.54, 1.807) is 0 Å². The van der Waals surface area contributed by atoms with Gasteiger partial charge in [-0.25, -0.2) is 0 Å². The second-order valence-corrected chi connectivity index (χ2v) is 8.97. The highest BCUT2D eigenvalue weighted by Gasteiger charge is 2.35. The monoisotopic (exact) mass is 446 g/mol. The molecule has 0 bridgehead atoms. The molecule has 0 heterocycles. The molecule has 3 rings (SSSR count). The van der Waals surface area contributed by atoms with Gasteiger partial charge in [0.15, 0.2) is 0 Å². The second-order valence-electron chi connectivity index (χ2n) is 6.60. The summed E-state index contributed by atoms with van der Waals surface area (Å²) in [5, 5.41) is 6.02. The highest BCUT2D eigenvalue weighted by Crippen LogP contribution is 2.31. The fourth-order valence-corrected chi connectivity index (χ4v) is 3.47. The third-order valence-corrected chi connectivity index (χ3v) is 5.15. The molecule has 150 valence electrons. The van der Waals surface area contributed by atoms with E-state index in [9.17, 15) is 4.79 Å². The summed E-state index contributed by atoms with van der Waals surface area (Å²) in [5.41, 5.74) is 2.74. The molecule has 0 unspecified atom stereocenters. The predicted molar refractivity (Wildman–Crippen MR) is 120 cm³/mol. The maximum atomic E-state index is 13.3. The van der Waals surface area contributed by atoms with Gasteiger partial charge in [-0.05, 0) is 16.7 Å². The first kappa shape index (κ1) is 21.7. The standard InChI is InChI=1S/C23H21Cl3N2O/c24-23(25,26)22(27-16-17-10-4-1-5-11-17)28-21(29)20(18-12-6-2-7-13-18)19-14-8-3-9-15-19/h1-15,20,22,27H,16H2,(H,28,29)/t22-/m1/s1. The van der Waals surface area contributed by atoms with Crippen LogP contribution in [0.4, 0.5) is 0 Å². The Morgan fingerprint density at radius 3 is 1.66 bits per heavy atom. The van der Waals surface area contributed by atoms with Crippen molar-refractivity contribution < 1.29 is 4.79 Å². The lowest BCUT2D eigenvalue weighted by Gasteiger charge is -2.29. The Hall–Kier alpha value is -2.04. The molecule has 1 amide bonds. The Labute approximate surface area is 186 Å². The summed E-state index contributed by atoms with van der Waals surface area (Å²) in [4.78, 5) is 13.3. The minimum atomic E-state index is -1.72. The van der Waals surface area contributed by atoms with Crippen LogP contribution >= 0.6 is 34.8 Å². The zero-order valence-corrected chi connectivity index (χ0v) is 17.8. The summed E-state index contributed by atoms with van der Waals surface area (Å²) in [6, 6.07) is 28.8. The lowest BCUT2D eigenvalue weighted by atomic mass is 9.90. The SMILES string of the molecule is O=C(N[C@@H](NCc1ccccc1)C(Cl)(Cl)Cl)C(c1ccccc1)c1ccccc1. The molecule has 0 aliphatic rings. The van der Waals surface area contributed by atoms with Crippen molar-refractivity contribution in [2.45, 2.75) is 22.4 Å². The molecule has 0 aromatic heterocycles. The van der Waals surface area contributed by atoms with E-state index in [2.05, 4.69) is 10.6 Å². The number of rotatable bonds is 7. The number of carbonyl (C=O) groups excluding carboxylic acids is 1. The molecular weight excluding hydrogens is 427 g/mol. The molecule has 0 spiro atoms. The zero-order chi connectivity index (χ0) is 20.7. The number of alkyl halides is 3. The van der Waals surface area contributed by atoms with Gasteiger partial charge >= 0.3 is 0 Å². The molecule has 0 saturated heterocycles. The van der Waals surface area contributed by atoms with E-state index >= 15 is 0 Å². The molecule has 6 heteroatoms. The van der Waals surface area contributed by atoms with Crippen molar-refractivity contribution >= 4 is 40.7 Å². The summed E-state index contributed by atoms with van der Waals surface area (Å²) in [6.45, 7) is 0.445. The molecule has 29 heavy (non-hydrogen) atoms. The van der Waals surface area contributed by atoms with Crippen LogP contribution in [0, 0.1) is 0 Å². The smallest absolute Gasteiger partial charge is 0.233 e. The molecule has 0 aliphatic heterocycles. The summed E-state index contributed by atoms with van der Waals surface area (Å²) < 4.78 is -1.72. The van der Waals surface area contributed by atoms with Gasteiger partial charge in [0.1, 0.15) is 6.17 Å². The summed E-state index contributed by atoms with van der Waals surface area (Å²) in [5.74, 6) is -0.773. The number of amides is 1. The number of carbonyl (C=O) groups is 1. The Morgan fingerprint density at radius 1 is 0.759 bits per heavy atom. The molecule has 3 aromatic rings. The first-order valence-electron chi connectivity index (χ1n) is 9.19. The van der Waals surface area contributed by atoms with Crippen molar-refractivity contribution in [2.24, 2.45) is 0 Å². The molecule has 0 radical (unpaired) electrons. The van der Waals surface area contributed by atoms with Gasteiger partial charge in [0.05, 0.1) is 5.92 Å². The lowest BCUT2D eigenvalue weighted by molar-refractivity contribution is -0.122. The predicted octanol–water partition coefficient (Wildman–Crippen LogP) is 5.42. The van der Waals surface area contributed by atoms with Gasteiger partial charge in [0.2, 0.25) is 9.70 Å². The van der Waals surface area contributed by atoms with Gasteiger partial charge in [-0.1, -0.05) is 126 Å². The fourth-order valence-electron chi connectivity index (χ4n) is 3.08. The van der Waals surface area contributed by atoms with Crippen LogP contribution in [0.1, 0.15) is 22.6 Å². The molecule has 3 aromatic carbocycles. The Kier molecular flexibility index (Phi) is 7.57. The van der Waals surface area contributed by atoms with Crippen LogP contribution < -0.4 is 10.6 Å². The molecule has 3 nitrogen and oxygen atoms in total. The second kappa shape index (κ2) is 10.1. The van der Waals surface area contributed by atoms with Crippen LogP contribution in [-0.2, 0) is 11.3 Å². The number of hydrogen-bond donors (Lipinski definition) is 2. The quantitative estimate of drug-likeness (QED) is 0.375. The number of halogens is 3. The third-order valence-electron chi connectivity index (χ3n) is 4.50. The van der Waals surface area contributed by atoms with Crippen LogP contribution in [0.25, 0.3) is 0 Å². The largest absolute Gasteiger partial charge is 0.336 e. The summed E-state index contributed by atoms with van der Waals surface area (Å²) in [6.07, 6.45) is -0.866. The van der Waals surface area contributed by atoms with E-state index in [1.807, 2.05) is 91.0 Å². The molecular formula is C23H21Cl3N2O. The van der Waals surface area contributed by atoms with E-state index in [0.29, 0.717) is 6.54 Å². The number of nitrogens with one attached hydrogen (secondary N) is 2. The highest BCUT2D eigenvalue weighted by molar-refractivity contribution is 6.68. The van der Waals surface area contributed by atoms with Crippen molar-refractivity contribution in [3.63, 3.8) is 0 Å². The first-order chi connectivity index (χ1) is 13.9. The minimum Gasteiger partial charge on any atom is -0.336 e. The van der Waals surface area contributed by atoms with E-state index < -0.39 is 15.9 Å². The summed E-state index contributed by atoms with van der Waals surface area (Å²) in [7, 11) is 0. The normalized spacial score (nSPS) is 12.6. The molecule has 0 fully saturated rings. The zero-order valence-electron chi connectivity index (χ0n) is 15.6. The van der Waals surface area contributed by atoms with Crippen LogP contribution in [0.15, 0.2) is 91.0 Å². The topological polar surface area (TPSA) is 41.1 Å². The van der Waals surface area contributed by atoms with Gasteiger partial charge in [-0.15, -0.1) is 0 Å². The first-order valence-corrected chi connectivity index (χ1v) is 10.3. The molecule has 1 atom stereocenters. The third kappa shape index (κ3) is 6.22. The Bertz CT molecular complexity index is 860. The summed E-state index contributed by atoms with van der Waals surface area (Å²) >= 11 is 18.5. The maximum Gasteiger partial charge on any atom is 0.233 e. The van der Waals surface area contributed by atoms with Gasteiger partial charge < -0.3 is 5.32 Å². The maximum absolute atomic E-state index is 13.3. The van der Waals surface area contributed by atoms with Crippen LogP contribution in [0.2, 0.25) is 0 Å². The van der Waals surface area contributed by atoms with Crippen molar-refractivity contribution in [1.82, 2.24) is 10.6 Å². The van der Waals surface area contributed by atoms with Gasteiger partial charge in [0, 0.05) is 6.54 Å². The number of benzene rings is 3. The van der Waals surface area contributed by atoms with E-state index in [1.165, 1.54) is 0 Å². The van der Waals surface area contributed by atoms with Gasteiger partial charge in [-0.3, -0.25) is 10.1 Å². The Morgan fingerprint density at radius 2 is 1.21 bits per heavy atom. The average Bonchev–Trinajstić information content (AvgIpc) is 2.73. The van der Waals surface area contributed by atoms with Crippen molar-refractivity contribution in [3.8, 4) is 0 Å². The van der Waals surface area contributed by atoms with Gasteiger partial charge in [0.25, 0.3) is 0 Å². The average molecular weight is 448 g/mol. The van der Waals surface area contributed by atoms with Crippen molar-refractivity contribution in [3.05, 3.63) is 108 Å². The van der Waals surface area contributed by atoms with Crippen LogP contribution in [0.5, 0.6) is 0 Å². The highest BCUT2D eigenvalue weighted by atomic mass is 35.6. The van der Waals surface area contributed by atoms with Crippen molar-refractivity contribution in [2.75, 3.05) is 0 Å². The number of hydrogen-bond acceptors (Lipinski definition) is 2. The Balaban J connectivity index is 1.82. The fraction of sp³-hybridized carbons (Fsp3) is 0.174. The lowest BCUT2D eigenvalue weighted by Crippen LogP contribution is -2.54. The van der Waals surface area contributed by atoms with E-state index in [4.69, 9.17) is 34.8 Å². The van der Waals surface area contributed by atoms with E-state index in [-0.39, 0.29) is 5.91 Å². The van der Waals surface area contributed by atoms with Gasteiger partial charge in [-0.2, -0.15) is 0 Å². The van der Waals surface area contributed by atoms with Crippen molar-refractivity contribution in [1.29, 1.82) is 0 Å². The van der Waals surface area contributed by atoms with E-state index in [0.717, 1.165) is 16.7 Å². The van der Waals surface area contributed by atoms with Crippen LogP contribution in [0.3, 0.4) is 0 Å². The van der Waals surface area contributed by atoms with Crippen LogP contribution in [-0.4, -0.2) is 15.9 Å². The molecule has 0 aliphatic carbocycles.